The molecule has 0 spiro atoms. The fraction of sp³-hybridized carbons (Fsp3) is 0.143. The maximum absolute atomic E-state index is 12.5. The highest BCUT2D eigenvalue weighted by Crippen LogP contribution is 2.24. The zero-order chi connectivity index (χ0) is 23.8. The van der Waals surface area contributed by atoms with E-state index in [1.54, 1.807) is 0 Å². The topological polar surface area (TPSA) is 164 Å². The Labute approximate surface area is 182 Å². The Morgan fingerprint density at radius 3 is 2.00 bits per heavy atom. The molecule has 0 fully saturated rings. The predicted octanol–water partition coefficient (Wildman–Crippen LogP) is 3.47. The van der Waals surface area contributed by atoms with Crippen LogP contribution >= 0.6 is 0 Å². The van der Waals surface area contributed by atoms with E-state index in [1.165, 1.54) is 56.5 Å². The molecule has 0 aliphatic rings. The number of azo groups is 1. The van der Waals surface area contributed by atoms with E-state index < -0.39 is 35.3 Å². The lowest BCUT2D eigenvalue weighted by molar-refractivity contribution is -0.113. The van der Waals surface area contributed by atoms with Gasteiger partial charge in [-0.25, -0.2) is 14.4 Å². The number of carboxylic acids is 1. The van der Waals surface area contributed by atoms with Crippen LogP contribution in [-0.4, -0.2) is 48.2 Å². The number of carbonyl (C=O) groups excluding carboxylic acids is 3. The van der Waals surface area contributed by atoms with Crippen molar-refractivity contribution in [3.8, 4) is 0 Å². The number of nitrogens with one attached hydrogen (secondary N) is 1. The van der Waals surface area contributed by atoms with Gasteiger partial charge in [0.25, 0.3) is 5.91 Å². The zero-order valence-corrected chi connectivity index (χ0v) is 17.3. The lowest BCUT2D eigenvalue weighted by Gasteiger charge is -2.08. The second kappa shape index (κ2) is 10.5. The summed E-state index contributed by atoms with van der Waals surface area (Å²) in [5.41, 5.74) is -0.273. The molecule has 3 N–H and O–H groups in total. The van der Waals surface area contributed by atoms with Crippen LogP contribution < -0.4 is 5.32 Å². The largest absolute Gasteiger partial charge is 0.510 e. The van der Waals surface area contributed by atoms with Gasteiger partial charge < -0.3 is 25.0 Å². The highest BCUT2D eigenvalue weighted by Gasteiger charge is 2.18. The molecule has 2 rings (SSSR count). The summed E-state index contributed by atoms with van der Waals surface area (Å²) in [6, 6.07) is 9.13. The molecule has 166 valence electrons. The van der Waals surface area contributed by atoms with Gasteiger partial charge in [0.05, 0.1) is 30.9 Å². The van der Waals surface area contributed by atoms with Crippen molar-refractivity contribution in [2.45, 2.75) is 6.92 Å². The molecular weight excluding hydrogens is 422 g/mol. The molecule has 0 heterocycles. The normalized spacial score (nSPS) is 11.5. The van der Waals surface area contributed by atoms with Crippen molar-refractivity contribution in [3.05, 3.63) is 70.6 Å². The molecule has 0 aliphatic heterocycles. The second-order valence-electron chi connectivity index (χ2n) is 6.19. The number of carbonyl (C=O) groups is 4. The molecule has 0 radical (unpaired) electrons. The number of rotatable bonds is 7. The Morgan fingerprint density at radius 1 is 0.875 bits per heavy atom. The number of carboxylic acid groups (broad SMARTS) is 1. The summed E-state index contributed by atoms with van der Waals surface area (Å²) in [7, 11) is 2.34. The van der Waals surface area contributed by atoms with Gasteiger partial charge in [-0.3, -0.25) is 4.79 Å². The van der Waals surface area contributed by atoms with Gasteiger partial charge in [-0.2, -0.15) is 0 Å². The standard InChI is InChI=1S/C21H19N3O8/c1-11(25)17(18(26)22-14-7-4-12(5-8-14)19(27)28)24-23-16-10-13(20(29)31-2)6-9-15(16)21(30)32-3/h4-10,25H,1-3H3,(H,22,26)(H,27,28). The molecule has 0 saturated carbocycles. The van der Waals surface area contributed by atoms with Crippen molar-refractivity contribution >= 4 is 35.2 Å². The van der Waals surface area contributed by atoms with Crippen LogP contribution in [0, 0.1) is 0 Å². The molecule has 32 heavy (non-hydrogen) atoms. The van der Waals surface area contributed by atoms with Gasteiger partial charge in [0, 0.05) is 5.69 Å². The van der Waals surface area contributed by atoms with Crippen LogP contribution in [0.25, 0.3) is 0 Å². The Kier molecular flexibility index (Phi) is 7.77. The van der Waals surface area contributed by atoms with Crippen LogP contribution in [0.15, 0.2) is 64.1 Å². The van der Waals surface area contributed by atoms with Crippen LogP contribution in [0.3, 0.4) is 0 Å². The van der Waals surface area contributed by atoms with Gasteiger partial charge in [-0.1, -0.05) is 0 Å². The number of allylic oxidation sites excluding steroid dienone is 1. The van der Waals surface area contributed by atoms with E-state index in [1.807, 2.05) is 0 Å². The number of hydrogen-bond acceptors (Lipinski definition) is 9. The summed E-state index contributed by atoms with van der Waals surface area (Å²) in [5.74, 6) is -3.89. The highest BCUT2D eigenvalue weighted by atomic mass is 16.5. The lowest BCUT2D eigenvalue weighted by Crippen LogP contribution is -2.14. The van der Waals surface area contributed by atoms with Crippen molar-refractivity contribution in [2.24, 2.45) is 10.2 Å². The average molecular weight is 441 g/mol. The van der Waals surface area contributed by atoms with Crippen LogP contribution in [0.5, 0.6) is 0 Å². The number of aliphatic hydroxyl groups excluding tert-OH is 1. The first kappa shape index (κ1) is 23.7. The predicted molar refractivity (Wildman–Crippen MR) is 111 cm³/mol. The minimum absolute atomic E-state index is 0.0256. The monoisotopic (exact) mass is 441 g/mol. The lowest BCUT2D eigenvalue weighted by atomic mass is 10.1. The number of amides is 1. The number of anilines is 1. The Hall–Kier alpha value is -4.54. The number of hydrogen-bond donors (Lipinski definition) is 3. The summed E-state index contributed by atoms with van der Waals surface area (Å²) in [6.07, 6.45) is 0. The second-order valence-corrected chi connectivity index (χ2v) is 6.19. The number of benzene rings is 2. The summed E-state index contributed by atoms with van der Waals surface area (Å²) in [5, 5.41) is 28.8. The molecule has 2 aromatic carbocycles. The van der Waals surface area contributed by atoms with Gasteiger partial charge in [-0.05, 0) is 49.4 Å². The van der Waals surface area contributed by atoms with Crippen molar-refractivity contribution in [2.75, 3.05) is 19.5 Å². The maximum Gasteiger partial charge on any atom is 0.340 e. The molecular formula is C21H19N3O8. The van der Waals surface area contributed by atoms with Gasteiger partial charge in [0.1, 0.15) is 11.4 Å². The summed E-state index contributed by atoms with van der Waals surface area (Å²) >= 11 is 0. The van der Waals surface area contributed by atoms with Crippen LogP contribution in [0.2, 0.25) is 0 Å². The summed E-state index contributed by atoms with van der Waals surface area (Å²) < 4.78 is 9.30. The van der Waals surface area contributed by atoms with E-state index in [4.69, 9.17) is 5.11 Å². The number of aliphatic hydroxyl groups is 1. The minimum Gasteiger partial charge on any atom is -0.510 e. The summed E-state index contributed by atoms with van der Waals surface area (Å²) in [6.45, 7) is 1.20. The molecule has 0 aromatic heterocycles. The quantitative estimate of drug-likeness (QED) is 0.254. The van der Waals surface area contributed by atoms with Crippen LogP contribution in [-0.2, 0) is 14.3 Å². The number of aromatic carboxylic acids is 1. The first-order chi connectivity index (χ1) is 15.2. The zero-order valence-electron chi connectivity index (χ0n) is 17.3. The Bertz CT molecular complexity index is 1120. The van der Waals surface area contributed by atoms with E-state index >= 15 is 0 Å². The van der Waals surface area contributed by atoms with E-state index in [2.05, 4.69) is 25.0 Å². The minimum atomic E-state index is -1.13. The third kappa shape index (κ3) is 5.75. The van der Waals surface area contributed by atoms with E-state index in [0.29, 0.717) is 0 Å². The van der Waals surface area contributed by atoms with Crippen LogP contribution in [0.1, 0.15) is 38.0 Å². The third-order valence-electron chi connectivity index (χ3n) is 4.03. The van der Waals surface area contributed by atoms with Crippen molar-refractivity contribution < 1.29 is 38.9 Å². The smallest absolute Gasteiger partial charge is 0.340 e. The molecule has 0 unspecified atom stereocenters. The first-order valence-corrected chi connectivity index (χ1v) is 8.95. The molecule has 1 amide bonds. The van der Waals surface area contributed by atoms with Gasteiger partial charge >= 0.3 is 17.9 Å². The first-order valence-electron chi connectivity index (χ1n) is 8.95. The van der Waals surface area contributed by atoms with Crippen molar-refractivity contribution in [3.63, 3.8) is 0 Å². The van der Waals surface area contributed by atoms with Crippen LogP contribution in [0.4, 0.5) is 11.4 Å². The number of esters is 2. The molecule has 2 aromatic rings. The van der Waals surface area contributed by atoms with Crippen molar-refractivity contribution in [1.82, 2.24) is 0 Å². The van der Waals surface area contributed by atoms with Crippen molar-refractivity contribution in [1.29, 1.82) is 0 Å². The maximum atomic E-state index is 12.5. The molecule has 0 bridgehead atoms. The SMILES string of the molecule is COC(=O)c1ccc(C(=O)OC)c(N=NC(C(=O)Nc2ccc(C(=O)O)cc2)=C(C)O)c1. The van der Waals surface area contributed by atoms with Gasteiger partial charge in [-0.15, -0.1) is 10.2 Å². The molecule has 0 saturated heterocycles. The Balaban J connectivity index is 2.36. The fourth-order valence-corrected chi connectivity index (χ4v) is 2.41. The third-order valence-corrected chi connectivity index (χ3v) is 4.03. The molecule has 11 nitrogen and oxygen atoms in total. The number of nitrogens with zero attached hydrogens (tertiary/aromatic N) is 2. The molecule has 0 aliphatic carbocycles. The molecule has 0 atom stereocenters. The van der Waals surface area contributed by atoms with Gasteiger partial charge in [0.2, 0.25) is 0 Å². The highest BCUT2D eigenvalue weighted by molar-refractivity contribution is 6.04. The van der Waals surface area contributed by atoms with Gasteiger partial charge in [0.15, 0.2) is 5.70 Å². The molecule has 11 heteroatoms. The van der Waals surface area contributed by atoms with E-state index in [-0.39, 0.29) is 28.1 Å². The summed E-state index contributed by atoms with van der Waals surface area (Å²) in [4.78, 5) is 47.2. The Morgan fingerprint density at radius 2 is 1.47 bits per heavy atom. The number of ether oxygens (including phenoxy) is 2. The average Bonchev–Trinajstić information content (AvgIpc) is 2.78. The fourth-order valence-electron chi connectivity index (χ4n) is 2.41. The number of methoxy groups -OCH3 is 2. The van der Waals surface area contributed by atoms with E-state index in [0.717, 1.165) is 7.11 Å². The van der Waals surface area contributed by atoms with E-state index in [9.17, 15) is 24.3 Å².